The summed E-state index contributed by atoms with van der Waals surface area (Å²) < 4.78 is 6.67. The van der Waals surface area contributed by atoms with Gasteiger partial charge in [-0.15, -0.1) is 0 Å². The molecule has 1 aliphatic heterocycles. The van der Waals surface area contributed by atoms with Gasteiger partial charge in [0.2, 0.25) is 0 Å². The Labute approximate surface area is 109 Å². The fraction of sp³-hybridized carbons (Fsp3) is 0.667. The number of rotatable bonds is 4. The van der Waals surface area contributed by atoms with Crippen molar-refractivity contribution in [3.05, 3.63) is 32.6 Å². The largest absolute Gasteiger partial charge is 0.394 e. The van der Waals surface area contributed by atoms with Crippen LogP contribution in [0.4, 0.5) is 0 Å². The van der Waals surface area contributed by atoms with Gasteiger partial charge >= 0.3 is 5.69 Å². The van der Waals surface area contributed by atoms with Gasteiger partial charge in [0, 0.05) is 18.2 Å². The second-order valence-electron chi connectivity index (χ2n) is 4.69. The fourth-order valence-electron chi connectivity index (χ4n) is 2.24. The first-order valence-corrected chi connectivity index (χ1v) is 6.35. The minimum absolute atomic E-state index is 0.211. The first-order valence-electron chi connectivity index (χ1n) is 6.35. The summed E-state index contributed by atoms with van der Waals surface area (Å²) in [6, 6.07) is 0. The standard InChI is InChI=1S/C12H18N2O5/c1-2-3-7-5-14(12(18)13-11(7)17)10-4-8(16)9(6-15)19-10/h5,8-10,15-16H,2-4,6H2,1H3,(H,13,17,18). The van der Waals surface area contributed by atoms with Crippen molar-refractivity contribution < 1.29 is 14.9 Å². The molecule has 0 aromatic carbocycles. The lowest BCUT2D eigenvalue weighted by molar-refractivity contribution is -0.0460. The van der Waals surface area contributed by atoms with Gasteiger partial charge in [-0.05, 0) is 6.42 Å². The quantitative estimate of drug-likeness (QED) is 0.659. The molecule has 7 nitrogen and oxygen atoms in total. The van der Waals surface area contributed by atoms with Crippen LogP contribution >= 0.6 is 0 Å². The third-order valence-corrected chi connectivity index (χ3v) is 3.26. The number of aliphatic hydroxyl groups is 2. The Balaban J connectivity index is 2.33. The monoisotopic (exact) mass is 270 g/mol. The van der Waals surface area contributed by atoms with Crippen molar-refractivity contribution >= 4 is 0 Å². The van der Waals surface area contributed by atoms with E-state index in [4.69, 9.17) is 9.84 Å². The predicted octanol–water partition coefficient (Wildman–Crippen LogP) is -0.870. The second-order valence-corrected chi connectivity index (χ2v) is 4.69. The highest BCUT2D eigenvalue weighted by atomic mass is 16.5. The summed E-state index contributed by atoms with van der Waals surface area (Å²) >= 11 is 0. The van der Waals surface area contributed by atoms with Crippen molar-refractivity contribution in [2.75, 3.05) is 6.61 Å². The summed E-state index contributed by atoms with van der Waals surface area (Å²) in [7, 11) is 0. The van der Waals surface area contributed by atoms with E-state index in [1.807, 2.05) is 6.92 Å². The first-order chi connectivity index (χ1) is 9.06. The number of aromatic amines is 1. The molecule has 3 atom stereocenters. The molecule has 0 radical (unpaired) electrons. The fourth-order valence-corrected chi connectivity index (χ4v) is 2.24. The number of H-pyrrole nitrogens is 1. The molecule has 19 heavy (non-hydrogen) atoms. The Morgan fingerprint density at radius 3 is 2.84 bits per heavy atom. The van der Waals surface area contributed by atoms with E-state index in [1.54, 1.807) is 0 Å². The van der Waals surface area contributed by atoms with Gasteiger partial charge in [0.15, 0.2) is 0 Å². The van der Waals surface area contributed by atoms with Crippen LogP contribution in [0.25, 0.3) is 0 Å². The number of aliphatic hydroxyl groups excluding tert-OH is 2. The number of nitrogens with zero attached hydrogens (tertiary/aromatic N) is 1. The van der Waals surface area contributed by atoms with Crippen LogP contribution in [-0.2, 0) is 11.2 Å². The maximum atomic E-state index is 11.8. The summed E-state index contributed by atoms with van der Waals surface area (Å²) in [4.78, 5) is 25.6. The zero-order valence-corrected chi connectivity index (χ0v) is 10.7. The third kappa shape index (κ3) is 2.78. The van der Waals surface area contributed by atoms with E-state index in [9.17, 15) is 14.7 Å². The van der Waals surface area contributed by atoms with E-state index >= 15 is 0 Å². The van der Waals surface area contributed by atoms with Crippen LogP contribution in [0.2, 0.25) is 0 Å². The molecular weight excluding hydrogens is 252 g/mol. The molecule has 2 rings (SSSR count). The van der Waals surface area contributed by atoms with Crippen LogP contribution in [0.1, 0.15) is 31.6 Å². The molecule has 0 spiro atoms. The van der Waals surface area contributed by atoms with Crippen LogP contribution in [0.5, 0.6) is 0 Å². The summed E-state index contributed by atoms with van der Waals surface area (Å²) in [6.07, 6.45) is 0.863. The molecule has 0 saturated carbocycles. The smallest absolute Gasteiger partial charge is 0.330 e. The van der Waals surface area contributed by atoms with Gasteiger partial charge < -0.3 is 14.9 Å². The van der Waals surface area contributed by atoms with Crippen molar-refractivity contribution in [2.45, 2.75) is 44.6 Å². The molecular formula is C12H18N2O5. The maximum absolute atomic E-state index is 11.8. The lowest BCUT2D eigenvalue weighted by atomic mass is 10.2. The summed E-state index contributed by atoms with van der Waals surface area (Å²) in [5, 5.41) is 18.7. The summed E-state index contributed by atoms with van der Waals surface area (Å²) in [5.41, 5.74) is -0.450. The molecule has 2 heterocycles. The van der Waals surface area contributed by atoms with Gasteiger partial charge in [-0.2, -0.15) is 0 Å². The SMILES string of the molecule is CCCc1cn(C2CC(O)C(CO)O2)c(=O)[nH]c1=O. The lowest BCUT2D eigenvalue weighted by Crippen LogP contribution is -2.34. The van der Waals surface area contributed by atoms with Crippen molar-refractivity contribution in [1.29, 1.82) is 0 Å². The number of hydrogen-bond acceptors (Lipinski definition) is 5. The molecule has 0 aliphatic carbocycles. The topological polar surface area (TPSA) is 105 Å². The number of ether oxygens (including phenoxy) is 1. The minimum Gasteiger partial charge on any atom is -0.394 e. The van der Waals surface area contributed by atoms with Crippen LogP contribution in [0.15, 0.2) is 15.8 Å². The van der Waals surface area contributed by atoms with E-state index in [1.165, 1.54) is 10.8 Å². The Kier molecular flexibility index (Phi) is 4.18. The first kappa shape index (κ1) is 14.0. The molecule has 3 N–H and O–H groups in total. The summed E-state index contributed by atoms with van der Waals surface area (Å²) in [6.45, 7) is 1.63. The molecule has 1 aromatic heterocycles. The Bertz CT molecular complexity index is 550. The van der Waals surface area contributed by atoms with Crippen molar-refractivity contribution in [1.82, 2.24) is 9.55 Å². The van der Waals surface area contributed by atoms with Crippen molar-refractivity contribution in [3.63, 3.8) is 0 Å². The molecule has 0 amide bonds. The highest BCUT2D eigenvalue weighted by Gasteiger charge is 2.35. The maximum Gasteiger partial charge on any atom is 0.330 e. The Morgan fingerprint density at radius 1 is 1.53 bits per heavy atom. The number of aromatic nitrogens is 2. The Hall–Kier alpha value is -1.44. The van der Waals surface area contributed by atoms with Gasteiger partial charge in [-0.1, -0.05) is 13.3 Å². The zero-order valence-electron chi connectivity index (χ0n) is 10.7. The lowest BCUT2D eigenvalue weighted by Gasteiger charge is -2.15. The van der Waals surface area contributed by atoms with Gasteiger partial charge in [-0.25, -0.2) is 4.79 Å². The van der Waals surface area contributed by atoms with E-state index in [0.717, 1.165) is 6.42 Å². The normalized spacial score (nSPS) is 26.8. The number of aryl methyl sites for hydroxylation is 1. The number of nitrogens with one attached hydrogen (secondary N) is 1. The average Bonchev–Trinajstić information content (AvgIpc) is 2.74. The van der Waals surface area contributed by atoms with Crippen LogP contribution in [0, 0.1) is 0 Å². The minimum atomic E-state index is -0.816. The van der Waals surface area contributed by atoms with E-state index in [0.29, 0.717) is 12.0 Å². The zero-order chi connectivity index (χ0) is 14.0. The Morgan fingerprint density at radius 2 is 2.26 bits per heavy atom. The van der Waals surface area contributed by atoms with E-state index in [-0.39, 0.29) is 18.6 Å². The van der Waals surface area contributed by atoms with Gasteiger partial charge in [0.25, 0.3) is 5.56 Å². The van der Waals surface area contributed by atoms with Gasteiger partial charge in [0.05, 0.1) is 12.7 Å². The summed E-state index contributed by atoms with van der Waals surface area (Å²) in [5.74, 6) is 0. The van der Waals surface area contributed by atoms with Crippen LogP contribution < -0.4 is 11.2 Å². The molecule has 3 unspecified atom stereocenters. The molecule has 0 bridgehead atoms. The molecule has 1 saturated heterocycles. The van der Waals surface area contributed by atoms with Crippen LogP contribution in [0.3, 0.4) is 0 Å². The predicted molar refractivity (Wildman–Crippen MR) is 66.9 cm³/mol. The van der Waals surface area contributed by atoms with E-state index < -0.39 is 24.1 Å². The van der Waals surface area contributed by atoms with Crippen LogP contribution in [-0.4, -0.2) is 38.6 Å². The van der Waals surface area contributed by atoms with Crippen molar-refractivity contribution in [3.8, 4) is 0 Å². The molecule has 1 fully saturated rings. The van der Waals surface area contributed by atoms with Crippen molar-refractivity contribution in [2.24, 2.45) is 0 Å². The highest BCUT2D eigenvalue weighted by Crippen LogP contribution is 2.27. The molecule has 1 aromatic rings. The average molecular weight is 270 g/mol. The molecule has 7 heteroatoms. The van der Waals surface area contributed by atoms with Gasteiger partial charge in [-0.3, -0.25) is 14.3 Å². The highest BCUT2D eigenvalue weighted by molar-refractivity contribution is 5.05. The second kappa shape index (κ2) is 5.68. The van der Waals surface area contributed by atoms with Gasteiger partial charge in [0.1, 0.15) is 12.3 Å². The molecule has 106 valence electrons. The molecule has 1 aliphatic rings. The third-order valence-electron chi connectivity index (χ3n) is 3.26. The van der Waals surface area contributed by atoms with E-state index in [2.05, 4.69) is 4.98 Å². The number of hydrogen-bond donors (Lipinski definition) is 3.